The maximum atomic E-state index is 13.4. The molecule has 3 heterocycles. The van der Waals surface area contributed by atoms with Crippen LogP contribution < -0.4 is 15.5 Å². The van der Waals surface area contributed by atoms with E-state index in [4.69, 9.17) is 16.3 Å². The van der Waals surface area contributed by atoms with Crippen LogP contribution in [0.15, 0.2) is 42.7 Å². The highest BCUT2D eigenvalue weighted by Crippen LogP contribution is 2.57. The molecule has 0 unspecified atom stereocenters. The highest BCUT2D eigenvalue weighted by molar-refractivity contribution is 6.32. The van der Waals surface area contributed by atoms with Crippen molar-refractivity contribution in [2.45, 2.75) is 25.4 Å². The Bertz CT molecular complexity index is 1380. The number of anilines is 1. The largest absolute Gasteiger partial charge is 0.493 e. The van der Waals surface area contributed by atoms with Gasteiger partial charge in [-0.25, -0.2) is 0 Å². The Kier molecular flexibility index (Phi) is 5.64. The quantitative estimate of drug-likeness (QED) is 0.491. The lowest BCUT2D eigenvalue weighted by Crippen LogP contribution is -2.33. The van der Waals surface area contributed by atoms with Crippen LogP contribution in [0.4, 0.5) is 18.9 Å². The second kappa shape index (κ2) is 8.54. The van der Waals surface area contributed by atoms with Gasteiger partial charge in [0.25, 0.3) is 5.91 Å². The van der Waals surface area contributed by atoms with Crippen LogP contribution in [0.5, 0.6) is 5.75 Å². The smallest absolute Gasteiger partial charge is 0.405 e. The number of aromatic nitrogens is 2. The fraction of sp³-hybridized carbons (Fsp3) is 0.280. The first kappa shape index (κ1) is 23.1. The fourth-order valence-electron chi connectivity index (χ4n) is 4.14. The number of ether oxygens (including phenoxy) is 1. The predicted molar refractivity (Wildman–Crippen MR) is 125 cm³/mol. The zero-order chi connectivity index (χ0) is 24.8. The molecule has 0 radical (unpaired) electrons. The van der Waals surface area contributed by atoms with Crippen LogP contribution in [0.2, 0.25) is 5.02 Å². The number of nitrogens with one attached hydrogen (secondary N) is 2. The van der Waals surface area contributed by atoms with Gasteiger partial charge in [0.15, 0.2) is 5.75 Å². The number of methoxy groups -OCH3 is 1. The van der Waals surface area contributed by atoms with Crippen LogP contribution in [0, 0.1) is 17.3 Å². The van der Waals surface area contributed by atoms with Gasteiger partial charge in [-0.15, -0.1) is 0 Å². The second-order valence-corrected chi connectivity index (χ2v) is 8.82. The summed E-state index contributed by atoms with van der Waals surface area (Å²) in [6.45, 7) is 0.445. The summed E-state index contributed by atoms with van der Waals surface area (Å²) in [6, 6.07) is 8.59. The number of carbonyl (C=O) groups is 1. The molecule has 0 spiro atoms. The molecule has 10 heteroatoms. The van der Waals surface area contributed by atoms with Gasteiger partial charge in [0.2, 0.25) is 0 Å². The third-order valence-electron chi connectivity index (χ3n) is 6.22. The van der Waals surface area contributed by atoms with E-state index in [-0.39, 0.29) is 18.7 Å². The van der Waals surface area contributed by atoms with Gasteiger partial charge in [-0.2, -0.15) is 13.2 Å². The molecule has 0 atom stereocenters. The molecule has 1 aliphatic heterocycles. The highest BCUT2D eigenvalue weighted by atomic mass is 35.5. The molecule has 1 amide bonds. The minimum absolute atomic E-state index is 0.0138. The Morgan fingerprint density at radius 1 is 1.26 bits per heavy atom. The first-order valence-corrected chi connectivity index (χ1v) is 11.3. The maximum absolute atomic E-state index is 13.4. The van der Waals surface area contributed by atoms with E-state index in [1.165, 1.54) is 19.5 Å². The van der Waals surface area contributed by atoms with Crippen LogP contribution in [-0.4, -0.2) is 35.4 Å². The molecule has 1 saturated carbocycles. The monoisotopic (exact) mass is 500 g/mol. The Balaban J connectivity index is 1.65. The van der Waals surface area contributed by atoms with Crippen molar-refractivity contribution in [3.63, 3.8) is 0 Å². The zero-order valence-corrected chi connectivity index (χ0v) is 19.3. The van der Waals surface area contributed by atoms with E-state index in [1.807, 2.05) is 0 Å². The third kappa shape index (κ3) is 4.08. The number of rotatable bonds is 4. The number of fused-ring (bicyclic) bond motifs is 1. The summed E-state index contributed by atoms with van der Waals surface area (Å²) < 4.78 is 47.5. The molecule has 6 nitrogen and oxygen atoms in total. The Hall–Kier alpha value is -3.64. The number of alkyl halides is 3. The van der Waals surface area contributed by atoms with Crippen molar-refractivity contribution in [1.82, 2.24) is 15.0 Å². The van der Waals surface area contributed by atoms with E-state index in [9.17, 15) is 18.0 Å². The second-order valence-electron chi connectivity index (χ2n) is 8.41. The van der Waals surface area contributed by atoms with E-state index in [0.717, 1.165) is 5.69 Å². The number of amides is 1. The Morgan fingerprint density at radius 3 is 2.77 bits per heavy atom. The molecule has 35 heavy (non-hydrogen) atoms. The predicted octanol–water partition coefficient (Wildman–Crippen LogP) is 5.07. The zero-order valence-electron chi connectivity index (χ0n) is 18.6. The summed E-state index contributed by atoms with van der Waals surface area (Å²) in [5, 5.41) is 3.22. The number of para-hydroxylation sites is 1. The molecule has 1 fully saturated rings. The van der Waals surface area contributed by atoms with E-state index >= 15 is 0 Å². The minimum Gasteiger partial charge on any atom is -0.493 e. The Morgan fingerprint density at radius 2 is 2.06 bits per heavy atom. The van der Waals surface area contributed by atoms with Gasteiger partial charge in [-0.05, 0) is 37.1 Å². The van der Waals surface area contributed by atoms with Crippen molar-refractivity contribution in [3.05, 3.63) is 64.6 Å². The summed E-state index contributed by atoms with van der Waals surface area (Å²) in [5.41, 5.74) is 4.48. The minimum atomic E-state index is -4.38. The maximum Gasteiger partial charge on any atom is 0.405 e. The fourth-order valence-corrected chi connectivity index (χ4v) is 4.39. The molecule has 3 aromatic rings. The average Bonchev–Trinajstić information content (AvgIpc) is 3.55. The number of carbonyl (C=O) groups excluding carboxylic acids is 1. The summed E-state index contributed by atoms with van der Waals surface area (Å²) >= 11 is 6.29. The first-order valence-electron chi connectivity index (χ1n) is 10.9. The molecule has 0 bridgehead atoms. The normalized spacial score (nSPS) is 16.0. The summed E-state index contributed by atoms with van der Waals surface area (Å²) in [5.74, 6) is 5.34. The van der Waals surface area contributed by atoms with Crippen LogP contribution in [0.25, 0.3) is 11.3 Å². The number of halogens is 4. The topological polar surface area (TPSA) is 68.2 Å². The number of nitrogens with zero attached hydrogens (tertiary/aromatic N) is 2. The number of hydrogen-bond donors (Lipinski definition) is 2. The van der Waals surface area contributed by atoms with E-state index in [2.05, 4.69) is 27.6 Å². The summed E-state index contributed by atoms with van der Waals surface area (Å²) in [6.07, 6.45) is -0.899. The van der Waals surface area contributed by atoms with Crippen molar-refractivity contribution >= 4 is 23.2 Å². The highest BCUT2D eigenvalue weighted by Gasteiger charge is 2.62. The van der Waals surface area contributed by atoms with Gasteiger partial charge in [0.05, 0.1) is 40.3 Å². The number of benzene rings is 1. The molecule has 2 aliphatic rings. The van der Waals surface area contributed by atoms with Crippen LogP contribution in [-0.2, 0) is 6.42 Å². The van der Waals surface area contributed by atoms with Crippen molar-refractivity contribution < 1.29 is 22.7 Å². The lowest BCUT2D eigenvalue weighted by atomic mass is 10.0. The van der Waals surface area contributed by atoms with Crippen molar-refractivity contribution in [3.8, 4) is 28.8 Å². The summed E-state index contributed by atoms with van der Waals surface area (Å²) in [7, 11) is 1.50. The van der Waals surface area contributed by atoms with E-state index < -0.39 is 11.6 Å². The van der Waals surface area contributed by atoms with Crippen LogP contribution in [0.3, 0.4) is 0 Å². The van der Waals surface area contributed by atoms with E-state index in [1.54, 1.807) is 35.0 Å². The lowest BCUT2D eigenvalue weighted by Gasteiger charge is -2.21. The van der Waals surface area contributed by atoms with Crippen molar-refractivity contribution in [2.75, 3.05) is 19.1 Å². The lowest BCUT2D eigenvalue weighted by molar-refractivity contribution is -0.168. The van der Waals surface area contributed by atoms with Gasteiger partial charge in [0.1, 0.15) is 5.41 Å². The molecule has 0 saturated heterocycles. The molecule has 1 aromatic carbocycles. The standard InChI is InChI=1S/C25H20ClF3N4O2/c1-35-22-18(26)3-2-4-19(22)32-33-20-7-12-31-23(34)17(20)13-21(33)16-6-11-30-14-15(16)5-8-24(9-10-24)25(27,28)29/h2-4,6,11,13-14,32H,7,9-10,12H2,1H3,(H,31,34). The Labute approximate surface area is 204 Å². The molecule has 5 rings (SSSR count). The van der Waals surface area contributed by atoms with Gasteiger partial charge in [0, 0.05) is 30.9 Å². The summed E-state index contributed by atoms with van der Waals surface area (Å²) in [4.78, 5) is 16.7. The third-order valence-corrected chi connectivity index (χ3v) is 6.52. The van der Waals surface area contributed by atoms with Gasteiger partial charge in [-0.3, -0.25) is 19.9 Å². The van der Waals surface area contributed by atoms with Gasteiger partial charge >= 0.3 is 6.18 Å². The first-order chi connectivity index (χ1) is 16.7. The number of pyridine rings is 1. The molecule has 2 N–H and O–H groups in total. The van der Waals surface area contributed by atoms with Gasteiger partial charge in [-0.1, -0.05) is 29.5 Å². The van der Waals surface area contributed by atoms with E-state index in [0.29, 0.717) is 51.8 Å². The van der Waals surface area contributed by atoms with Crippen LogP contribution in [0.1, 0.15) is 34.5 Å². The SMILES string of the molecule is COc1c(Cl)cccc1Nn1c(-c2ccncc2C#CC2(C(F)(F)F)CC2)cc2c1CCNC2=O. The molecule has 2 aromatic heterocycles. The van der Waals surface area contributed by atoms with Crippen molar-refractivity contribution in [1.29, 1.82) is 0 Å². The van der Waals surface area contributed by atoms with Gasteiger partial charge < -0.3 is 10.1 Å². The number of hydrogen-bond acceptors (Lipinski definition) is 4. The van der Waals surface area contributed by atoms with Crippen molar-refractivity contribution in [2.24, 2.45) is 5.41 Å². The molecular weight excluding hydrogens is 481 g/mol. The van der Waals surface area contributed by atoms with Crippen LogP contribution >= 0.6 is 11.6 Å². The average molecular weight is 501 g/mol. The molecular formula is C25H20ClF3N4O2. The molecule has 180 valence electrons. The molecule has 1 aliphatic carbocycles.